The molecule has 11 heteroatoms. The summed E-state index contributed by atoms with van der Waals surface area (Å²) in [6.07, 6.45) is 7.55. The van der Waals surface area contributed by atoms with Crippen LogP contribution in [-0.2, 0) is 31.3 Å². The van der Waals surface area contributed by atoms with Crippen molar-refractivity contribution in [2.75, 3.05) is 44.9 Å². The number of anilines is 1. The van der Waals surface area contributed by atoms with Crippen molar-refractivity contribution in [3.8, 4) is 5.75 Å². The van der Waals surface area contributed by atoms with Crippen molar-refractivity contribution in [1.29, 1.82) is 0 Å². The van der Waals surface area contributed by atoms with Crippen LogP contribution in [0.1, 0.15) is 66.9 Å². The maximum absolute atomic E-state index is 13.7. The fraction of sp³-hybridized carbons (Fsp3) is 0.571. The summed E-state index contributed by atoms with van der Waals surface area (Å²) in [5, 5.41) is 11.0. The highest BCUT2D eigenvalue weighted by Gasteiger charge is 2.44. The average Bonchev–Trinajstić information content (AvgIpc) is 3.15. The molecular weight excluding hydrogens is 628 g/mol. The van der Waals surface area contributed by atoms with Gasteiger partial charge in [-0.05, 0) is 98.2 Å². The average molecular weight is 673 g/mol. The number of halogens is 1. The van der Waals surface area contributed by atoms with Gasteiger partial charge in [0.15, 0.2) is 0 Å². The third-order valence-electron chi connectivity index (χ3n) is 10.4. The summed E-state index contributed by atoms with van der Waals surface area (Å²) in [6.45, 7) is 4.12. The molecule has 2 aliphatic heterocycles. The van der Waals surface area contributed by atoms with E-state index in [0.29, 0.717) is 32.1 Å². The van der Waals surface area contributed by atoms with Crippen molar-refractivity contribution in [2.24, 2.45) is 11.8 Å². The minimum Gasteiger partial charge on any atom is -0.490 e. The predicted octanol–water partition coefficient (Wildman–Crippen LogP) is 5.03. The zero-order valence-corrected chi connectivity index (χ0v) is 28.2. The van der Waals surface area contributed by atoms with Crippen LogP contribution in [0.2, 0.25) is 5.02 Å². The maximum atomic E-state index is 13.7. The van der Waals surface area contributed by atoms with E-state index < -0.39 is 33.4 Å². The molecule has 2 aromatic rings. The Kier molecular flexibility index (Phi) is 10.0. The number of aryl methyl sites for hydroxylation is 1. The van der Waals surface area contributed by atoms with Crippen LogP contribution in [-0.4, -0.2) is 76.9 Å². The summed E-state index contributed by atoms with van der Waals surface area (Å²) in [4.78, 5) is 15.9. The third-order valence-corrected chi connectivity index (χ3v) is 12.6. The van der Waals surface area contributed by atoms with E-state index in [4.69, 9.17) is 25.8 Å². The molecule has 2 heterocycles. The van der Waals surface area contributed by atoms with Gasteiger partial charge < -0.3 is 24.2 Å². The number of nitrogens with one attached hydrogen (secondary N) is 1. The Morgan fingerprint density at radius 1 is 1.17 bits per heavy atom. The van der Waals surface area contributed by atoms with Crippen LogP contribution >= 0.6 is 11.6 Å². The Labute approximate surface area is 277 Å². The molecule has 46 heavy (non-hydrogen) atoms. The summed E-state index contributed by atoms with van der Waals surface area (Å²) in [6, 6.07) is 11.3. The Morgan fingerprint density at radius 2 is 2.02 bits per heavy atom. The lowest BCUT2D eigenvalue weighted by Crippen LogP contribution is -2.49. The maximum Gasteiger partial charge on any atom is 0.264 e. The molecule has 9 nitrogen and oxygen atoms in total. The number of hydrogen-bond acceptors (Lipinski definition) is 8. The molecule has 4 aliphatic rings. The molecule has 2 N–H and O–H groups in total. The quantitative estimate of drug-likeness (QED) is 0.336. The molecule has 0 unspecified atom stereocenters. The summed E-state index contributed by atoms with van der Waals surface area (Å²) in [5.74, 6) is 0.273. The van der Waals surface area contributed by atoms with Crippen molar-refractivity contribution in [3.63, 3.8) is 0 Å². The molecule has 250 valence electrons. The van der Waals surface area contributed by atoms with Crippen LogP contribution in [0.3, 0.4) is 0 Å². The Morgan fingerprint density at radius 3 is 2.78 bits per heavy atom. The van der Waals surface area contributed by atoms with Crippen molar-refractivity contribution in [3.05, 3.63) is 70.3 Å². The number of methoxy groups -OCH3 is 1. The lowest BCUT2D eigenvalue weighted by Gasteiger charge is -2.45. The highest BCUT2D eigenvalue weighted by molar-refractivity contribution is 7.90. The van der Waals surface area contributed by atoms with Crippen LogP contribution in [0.4, 0.5) is 5.69 Å². The lowest BCUT2D eigenvalue weighted by molar-refractivity contribution is 0.0156. The van der Waals surface area contributed by atoms with Gasteiger partial charge >= 0.3 is 0 Å². The van der Waals surface area contributed by atoms with Gasteiger partial charge in [0.05, 0.1) is 37.7 Å². The number of rotatable bonds is 5. The molecule has 2 bridgehead atoms. The number of hydrogen-bond donors (Lipinski definition) is 2. The van der Waals surface area contributed by atoms with Crippen molar-refractivity contribution < 1.29 is 32.5 Å². The minimum absolute atomic E-state index is 0.0650. The first-order chi connectivity index (χ1) is 22.1. The van der Waals surface area contributed by atoms with Gasteiger partial charge in [-0.25, -0.2) is 13.1 Å². The van der Waals surface area contributed by atoms with Gasteiger partial charge in [0, 0.05) is 36.2 Å². The highest BCUT2D eigenvalue weighted by Crippen LogP contribution is 2.46. The Bertz CT molecular complexity index is 1570. The van der Waals surface area contributed by atoms with Gasteiger partial charge in [0.1, 0.15) is 11.0 Å². The van der Waals surface area contributed by atoms with E-state index >= 15 is 0 Å². The van der Waals surface area contributed by atoms with E-state index in [1.807, 2.05) is 12.1 Å². The van der Waals surface area contributed by atoms with E-state index in [1.165, 1.54) is 11.1 Å². The van der Waals surface area contributed by atoms with Crippen LogP contribution in [0.25, 0.3) is 0 Å². The molecule has 1 saturated carbocycles. The number of ether oxygens (including phenoxy) is 3. The van der Waals surface area contributed by atoms with Crippen molar-refractivity contribution in [2.45, 2.75) is 74.7 Å². The second-order valence-corrected chi connectivity index (χ2v) is 15.6. The Hall–Kier alpha value is -2.63. The van der Waals surface area contributed by atoms with Crippen LogP contribution in [0.5, 0.6) is 5.75 Å². The summed E-state index contributed by atoms with van der Waals surface area (Å²) in [7, 11) is -2.57. The first kappa shape index (κ1) is 33.3. The summed E-state index contributed by atoms with van der Waals surface area (Å²) >= 11 is 6.40. The molecule has 0 aromatic heterocycles. The topological polar surface area (TPSA) is 114 Å². The highest BCUT2D eigenvalue weighted by atomic mass is 35.5. The number of benzene rings is 2. The Balaban J connectivity index is 1.39. The number of carbonyl (C=O) groups is 1. The number of amides is 1. The molecule has 0 radical (unpaired) electrons. The largest absolute Gasteiger partial charge is 0.490 e. The number of carbonyl (C=O) groups excluding carboxylic acids is 1. The minimum atomic E-state index is -4.13. The van der Waals surface area contributed by atoms with Gasteiger partial charge in [-0.15, -0.1) is 0 Å². The van der Waals surface area contributed by atoms with E-state index in [9.17, 15) is 18.3 Å². The first-order valence-corrected chi connectivity index (χ1v) is 18.4. The van der Waals surface area contributed by atoms with E-state index in [2.05, 4.69) is 21.8 Å². The second kappa shape index (κ2) is 13.8. The molecule has 1 spiro atoms. The van der Waals surface area contributed by atoms with Gasteiger partial charge in [-0.2, -0.15) is 0 Å². The third kappa shape index (κ3) is 6.69. The lowest BCUT2D eigenvalue weighted by atomic mass is 9.68. The van der Waals surface area contributed by atoms with E-state index in [-0.39, 0.29) is 42.3 Å². The zero-order chi connectivity index (χ0) is 32.5. The van der Waals surface area contributed by atoms with Gasteiger partial charge in [0.25, 0.3) is 5.91 Å². The smallest absolute Gasteiger partial charge is 0.264 e. The van der Waals surface area contributed by atoms with Gasteiger partial charge in [0.2, 0.25) is 10.0 Å². The molecule has 2 aromatic carbocycles. The number of sulfonamides is 1. The first-order valence-electron chi connectivity index (χ1n) is 16.5. The number of nitrogens with zero attached hydrogens (tertiary/aromatic N) is 1. The standard InChI is InChI=1S/C35H45ClN2O7S/c1-3-33-32(44-17-16-43-2)8-4-7-30(39)27-12-9-25(27)20-38-21-35(15-5-6-23-18-26(36)11-13-28(23)35)22-45-31-14-10-24(19-29(31)38)34(40)37-46(33,41)42/h4,7,10-11,13-14,18-19,25,27,30,32-33,39H,3,5-6,8-9,12,15-17,20-22H2,1-2H3,(H,37,40)/b7-4+/t25-,27+,30-,32-,33+,35-/m0/s1. The summed E-state index contributed by atoms with van der Waals surface area (Å²) in [5.41, 5.74) is 3.21. The SMILES string of the molecule is CC[C@@H]1[C@@H](OCCOC)C/C=C/[C@H](O)[C@@H]2CC[C@H]2CN2C[C@@]3(CCCc4cc(Cl)ccc43)COc3ccc(cc32)C(=O)NS1(=O)=O. The van der Waals surface area contributed by atoms with Crippen molar-refractivity contribution in [1.82, 2.24) is 4.72 Å². The normalized spacial score (nSPS) is 31.4. The number of aliphatic hydroxyl groups excluding tert-OH is 1. The summed E-state index contributed by atoms with van der Waals surface area (Å²) < 4.78 is 47.3. The van der Waals surface area contributed by atoms with E-state index in [1.54, 1.807) is 38.3 Å². The molecule has 2 aliphatic carbocycles. The molecule has 1 amide bonds. The second-order valence-electron chi connectivity index (χ2n) is 13.3. The fourth-order valence-electron chi connectivity index (χ4n) is 7.86. The van der Waals surface area contributed by atoms with Crippen LogP contribution in [0.15, 0.2) is 48.6 Å². The van der Waals surface area contributed by atoms with Crippen molar-refractivity contribution >= 4 is 33.2 Å². The van der Waals surface area contributed by atoms with Gasteiger partial charge in [-0.1, -0.05) is 36.7 Å². The number of aliphatic hydroxyl groups is 1. The van der Waals surface area contributed by atoms with E-state index in [0.717, 1.165) is 42.8 Å². The fourth-order valence-corrected chi connectivity index (χ4v) is 9.61. The monoisotopic (exact) mass is 672 g/mol. The molecular formula is C35H45ClN2O7S. The molecule has 0 saturated heterocycles. The zero-order valence-electron chi connectivity index (χ0n) is 26.6. The number of fused-ring (bicyclic) bond motifs is 4. The predicted molar refractivity (Wildman–Crippen MR) is 178 cm³/mol. The van der Waals surface area contributed by atoms with Crippen LogP contribution in [0, 0.1) is 11.8 Å². The molecule has 6 atom stereocenters. The molecule has 6 rings (SSSR count). The van der Waals surface area contributed by atoms with Crippen LogP contribution < -0.4 is 14.4 Å². The molecule has 1 fully saturated rings. The van der Waals surface area contributed by atoms with Gasteiger partial charge in [-0.3, -0.25) is 4.79 Å².